The monoisotopic (exact) mass is 366 g/mol. The number of ketones is 1. The predicted octanol–water partition coefficient (Wildman–Crippen LogP) is 5.49. The molecule has 2 N–H and O–H groups in total. The number of rotatable bonds is 5. The minimum absolute atomic E-state index is 0.115. The third kappa shape index (κ3) is 2.67. The van der Waals surface area contributed by atoms with Gasteiger partial charge in [0.25, 0.3) is 0 Å². The second-order valence-electron chi connectivity index (χ2n) is 6.38. The Hall–Kier alpha value is -2.72. The van der Waals surface area contributed by atoms with E-state index >= 15 is 0 Å². The highest BCUT2D eigenvalue weighted by atomic mass is 35.5. The number of carbonyl (C=O) groups is 1. The molecule has 5 heteroatoms. The maximum Gasteiger partial charge on any atom is 0.210 e. The van der Waals surface area contributed by atoms with Crippen LogP contribution in [0.2, 0.25) is 5.02 Å². The molecule has 0 radical (unpaired) electrons. The summed E-state index contributed by atoms with van der Waals surface area (Å²) in [5, 5.41) is 2.29. The van der Waals surface area contributed by atoms with E-state index < -0.39 is 0 Å². The van der Waals surface area contributed by atoms with Gasteiger partial charge in [-0.25, -0.2) is 0 Å². The first kappa shape index (κ1) is 16.7. The van der Waals surface area contributed by atoms with E-state index in [0.29, 0.717) is 22.0 Å². The van der Waals surface area contributed by atoms with Crippen LogP contribution in [0.3, 0.4) is 0 Å². The van der Waals surface area contributed by atoms with E-state index in [-0.39, 0.29) is 5.78 Å². The fraction of sp³-hybridized carbons (Fsp3) is 0.190. The zero-order valence-electron chi connectivity index (χ0n) is 14.7. The summed E-state index contributed by atoms with van der Waals surface area (Å²) in [4.78, 5) is 19.5. The summed E-state index contributed by atoms with van der Waals surface area (Å²) in [5.74, 6) is 0.589. The van der Waals surface area contributed by atoms with E-state index in [2.05, 4.69) is 16.9 Å². The normalized spacial score (nSPS) is 11.3. The molecule has 0 aliphatic rings. The second-order valence-corrected chi connectivity index (χ2v) is 6.76. The molecule has 132 valence electrons. The van der Waals surface area contributed by atoms with Gasteiger partial charge >= 0.3 is 0 Å². The summed E-state index contributed by atoms with van der Waals surface area (Å²) in [5.41, 5.74) is 4.10. The lowest BCUT2D eigenvalue weighted by molar-refractivity contribution is 0.103. The third-order valence-electron chi connectivity index (χ3n) is 4.72. The van der Waals surface area contributed by atoms with Crippen molar-refractivity contribution < 1.29 is 9.53 Å². The Morgan fingerprint density at radius 3 is 2.69 bits per heavy atom. The molecule has 2 aromatic heterocycles. The first-order valence-corrected chi connectivity index (χ1v) is 9.00. The Balaban J connectivity index is 1.80. The molecule has 0 aliphatic carbocycles. The smallest absolute Gasteiger partial charge is 0.210 e. The quantitative estimate of drug-likeness (QED) is 0.458. The molecule has 26 heavy (non-hydrogen) atoms. The maximum absolute atomic E-state index is 13.1. The Morgan fingerprint density at radius 2 is 1.92 bits per heavy atom. The number of nitrogens with one attached hydrogen (secondary N) is 2. The molecule has 4 nitrogen and oxygen atoms in total. The van der Waals surface area contributed by atoms with Gasteiger partial charge in [0, 0.05) is 33.6 Å². The molecule has 0 amide bonds. The van der Waals surface area contributed by atoms with Gasteiger partial charge in [-0.2, -0.15) is 0 Å². The molecule has 0 atom stereocenters. The predicted molar refractivity (Wildman–Crippen MR) is 106 cm³/mol. The van der Waals surface area contributed by atoms with Crippen molar-refractivity contribution in [2.24, 2.45) is 0 Å². The van der Waals surface area contributed by atoms with Crippen molar-refractivity contribution in [2.45, 2.75) is 19.8 Å². The highest BCUT2D eigenvalue weighted by Crippen LogP contribution is 2.32. The van der Waals surface area contributed by atoms with Crippen molar-refractivity contribution >= 4 is 39.2 Å². The second kappa shape index (κ2) is 6.54. The average Bonchev–Trinajstić information content (AvgIpc) is 3.22. The largest absolute Gasteiger partial charge is 0.497 e. The number of hydrogen-bond acceptors (Lipinski definition) is 2. The number of aryl methyl sites for hydroxylation is 1. The van der Waals surface area contributed by atoms with Crippen molar-refractivity contribution in [2.75, 3.05) is 7.11 Å². The highest BCUT2D eigenvalue weighted by Gasteiger charge is 2.19. The fourth-order valence-electron chi connectivity index (χ4n) is 3.36. The van der Waals surface area contributed by atoms with Crippen LogP contribution >= 0.6 is 11.6 Å². The summed E-state index contributed by atoms with van der Waals surface area (Å²) >= 11 is 6.50. The molecule has 0 spiro atoms. The molecule has 0 fully saturated rings. The summed E-state index contributed by atoms with van der Waals surface area (Å²) < 4.78 is 5.25. The first-order valence-electron chi connectivity index (χ1n) is 8.62. The van der Waals surface area contributed by atoms with E-state index in [1.54, 1.807) is 7.11 Å². The van der Waals surface area contributed by atoms with E-state index in [1.807, 2.05) is 42.6 Å². The van der Waals surface area contributed by atoms with Crippen LogP contribution in [0.4, 0.5) is 0 Å². The van der Waals surface area contributed by atoms with Gasteiger partial charge in [0.15, 0.2) is 0 Å². The summed E-state index contributed by atoms with van der Waals surface area (Å²) in [6, 6.07) is 11.3. The fourth-order valence-corrected chi connectivity index (χ4v) is 3.65. The van der Waals surface area contributed by atoms with Crippen LogP contribution in [0, 0.1) is 0 Å². The van der Waals surface area contributed by atoms with E-state index in [0.717, 1.165) is 34.6 Å². The summed E-state index contributed by atoms with van der Waals surface area (Å²) in [7, 11) is 1.60. The first-order chi connectivity index (χ1) is 12.6. The molecule has 2 aromatic carbocycles. The van der Waals surface area contributed by atoms with Crippen molar-refractivity contribution in [1.82, 2.24) is 9.97 Å². The van der Waals surface area contributed by atoms with Gasteiger partial charge in [0.05, 0.1) is 12.1 Å². The van der Waals surface area contributed by atoms with Gasteiger partial charge in [-0.3, -0.25) is 4.79 Å². The highest BCUT2D eigenvalue weighted by molar-refractivity contribution is 6.39. The van der Waals surface area contributed by atoms with Gasteiger partial charge in [-0.15, -0.1) is 0 Å². The topological polar surface area (TPSA) is 57.9 Å². The van der Waals surface area contributed by atoms with Gasteiger partial charge in [0.2, 0.25) is 5.78 Å². The van der Waals surface area contributed by atoms with E-state index in [1.165, 1.54) is 5.56 Å². The number of halogens is 1. The molecule has 0 bridgehead atoms. The number of hydrogen-bond donors (Lipinski definition) is 2. The number of carbonyl (C=O) groups excluding carboxylic acids is 1. The third-order valence-corrected chi connectivity index (χ3v) is 5.11. The van der Waals surface area contributed by atoms with Crippen LogP contribution in [-0.4, -0.2) is 22.9 Å². The van der Waals surface area contributed by atoms with Crippen LogP contribution in [0.1, 0.15) is 35.0 Å². The lowest BCUT2D eigenvalue weighted by Gasteiger charge is -2.02. The zero-order chi connectivity index (χ0) is 18.3. The number of aromatic nitrogens is 2. The maximum atomic E-state index is 13.1. The number of ether oxygens (including phenoxy) is 1. The molecule has 0 saturated heterocycles. The van der Waals surface area contributed by atoms with Crippen LogP contribution in [-0.2, 0) is 6.42 Å². The zero-order valence-corrected chi connectivity index (χ0v) is 15.4. The van der Waals surface area contributed by atoms with Crippen LogP contribution in [0.5, 0.6) is 5.75 Å². The van der Waals surface area contributed by atoms with Crippen LogP contribution in [0.15, 0.2) is 42.6 Å². The molecular weight excluding hydrogens is 348 g/mol. The van der Waals surface area contributed by atoms with Gasteiger partial charge in [-0.1, -0.05) is 24.9 Å². The SMILES string of the molecule is CCCc1c[nH]c2ccc(C(=O)c3[nH]c4ccc(OC)cc4c3Cl)cc12. The molecule has 2 heterocycles. The Kier molecular flexibility index (Phi) is 4.21. The van der Waals surface area contributed by atoms with Crippen molar-refractivity contribution in [3.05, 3.63) is 64.4 Å². The van der Waals surface area contributed by atoms with Crippen LogP contribution in [0.25, 0.3) is 21.8 Å². The number of fused-ring (bicyclic) bond motifs is 2. The van der Waals surface area contributed by atoms with Gasteiger partial charge in [0.1, 0.15) is 11.4 Å². The summed E-state index contributed by atoms with van der Waals surface area (Å²) in [6.07, 6.45) is 4.05. The molecule has 0 saturated carbocycles. The molecule has 0 unspecified atom stereocenters. The van der Waals surface area contributed by atoms with Gasteiger partial charge < -0.3 is 14.7 Å². The number of aromatic amines is 2. The van der Waals surface area contributed by atoms with Gasteiger partial charge in [-0.05, 0) is 48.4 Å². The molecule has 4 rings (SSSR count). The van der Waals surface area contributed by atoms with E-state index in [4.69, 9.17) is 16.3 Å². The number of methoxy groups -OCH3 is 1. The number of benzene rings is 2. The van der Waals surface area contributed by atoms with E-state index in [9.17, 15) is 4.79 Å². The molecule has 4 aromatic rings. The molecular formula is C21H19ClN2O2. The lowest BCUT2D eigenvalue weighted by Crippen LogP contribution is -2.02. The van der Waals surface area contributed by atoms with Crippen molar-refractivity contribution in [3.63, 3.8) is 0 Å². The Morgan fingerprint density at radius 1 is 1.12 bits per heavy atom. The minimum Gasteiger partial charge on any atom is -0.497 e. The summed E-state index contributed by atoms with van der Waals surface area (Å²) in [6.45, 7) is 2.15. The Labute approximate surface area is 156 Å². The number of H-pyrrole nitrogens is 2. The average molecular weight is 367 g/mol. The van der Waals surface area contributed by atoms with Crippen LogP contribution < -0.4 is 4.74 Å². The standard InChI is InChI=1S/C21H19ClN2O2/c1-3-4-13-11-23-17-7-5-12(9-15(13)17)21(25)20-19(22)16-10-14(26-2)6-8-18(16)24-20/h5-11,23-24H,3-4H2,1-2H3. The Bertz CT molecular complexity index is 1120. The minimum atomic E-state index is -0.115. The lowest BCUT2D eigenvalue weighted by atomic mass is 10.0. The van der Waals surface area contributed by atoms with Crippen molar-refractivity contribution in [3.8, 4) is 5.75 Å². The van der Waals surface area contributed by atoms with Crippen molar-refractivity contribution in [1.29, 1.82) is 0 Å². The molecule has 0 aliphatic heterocycles.